The molecular formula is C26H25FN6O2. The third kappa shape index (κ3) is 5.25. The number of esters is 1. The largest absolute Gasteiger partial charge is 0.424 e. The minimum absolute atomic E-state index is 0.166. The fraction of sp³-hybridized carbons (Fsp3) is 0.269. The van der Waals surface area contributed by atoms with Gasteiger partial charge < -0.3 is 15.4 Å². The number of hydrogen-bond donors (Lipinski definition) is 2. The minimum Gasteiger partial charge on any atom is -0.424 e. The third-order valence-electron chi connectivity index (χ3n) is 6.05. The number of piperidine rings is 1. The van der Waals surface area contributed by atoms with Gasteiger partial charge in [0.15, 0.2) is 5.75 Å². The molecule has 1 saturated heterocycles. The van der Waals surface area contributed by atoms with Crippen LogP contribution in [-0.4, -0.2) is 39.2 Å². The standard InChI is InChI=1S/C26H25FN6O2/c1-16-2-7-21(33-32-16)14-29-25-22-12-19(17-3-5-20(27)6-4-17)13-23(24(22)30-15-31-25)35-26(34)18-8-10-28-11-9-18/h2-7,12-13,15,18,28H,8-11,14H2,1H3,(H,29,30,31). The van der Waals surface area contributed by atoms with Crippen molar-refractivity contribution in [2.75, 3.05) is 18.4 Å². The molecule has 0 spiro atoms. The molecule has 0 aliphatic carbocycles. The Morgan fingerprint density at radius 1 is 1.06 bits per heavy atom. The fourth-order valence-electron chi connectivity index (χ4n) is 4.11. The number of nitrogens with one attached hydrogen (secondary N) is 2. The van der Waals surface area contributed by atoms with Crippen molar-refractivity contribution in [3.63, 3.8) is 0 Å². The lowest BCUT2D eigenvalue weighted by Crippen LogP contribution is -2.33. The van der Waals surface area contributed by atoms with Crippen LogP contribution in [0.5, 0.6) is 5.75 Å². The minimum atomic E-state index is -0.322. The van der Waals surface area contributed by atoms with Gasteiger partial charge in [-0.15, -0.1) is 0 Å². The Labute approximate surface area is 202 Å². The molecule has 5 rings (SSSR count). The number of nitrogens with zero attached hydrogens (tertiary/aromatic N) is 4. The molecule has 35 heavy (non-hydrogen) atoms. The molecule has 0 amide bonds. The smallest absolute Gasteiger partial charge is 0.314 e. The number of carbonyl (C=O) groups excluding carboxylic acids is 1. The number of anilines is 1. The molecule has 1 aliphatic heterocycles. The van der Waals surface area contributed by atoms with Crippen LogP contribution in [-0.2, 0) is 11.3 Å². The Balaban J connectivity index is 1.53. The Kier molecular flexibility index (Phi) is 6.58. The monoisotopic (exact) mass is 472 g/mol. The predicted octanol–water partition coefficient (Wildman–Crippen LogP) is 4.05. The van der Waals surface area contributed by atoms with Crippen molar-refractivity contribution in [2.24, 2.45) is 5.92 Å². The van der Waals surface area contributed by atoms with E-state index >= 15 is 0 Å². The summed E-state index contributed by atoms with van der Waals surface area (Å²) in [7, 11) is 0. The van der Waals surface area contributed by atoms with Crippen molar-refractivity contribution in [3.8, 4) is 16.9 Å². The van der Waals surface area contributed by atoms with Gasteiger partial charge in [-0.25, -0.2) is 14.4 Å². The molecule has 0 radical (unpaired) electrons. The number of hydrogen-bond acceptors (Lipinski definition) is 8. The normalized spacial score (nSPS) is 14.1. The molecule has 8 nitrogen and oxygen atoms in total. The van der Waals surface area contributed by atoms with Crippen molar-refractivity contribution >= 4 is 22.7 Å². The van der Waals surface area contributed by atoms with Crippen LogP contribution in [0.2, 0.25) is 0 Å². The van der Waals surface area contributed by atoms with Gasteiger partial charge in [-0.2, -0.15) is 10.2 Å². The summed E-state index contributed by atoms with van der Waals surface area (Å²) in [5.41, 5.74) is 3.66. The molecule has 4 aromatic rings. The van der Waals surface area contributed by atoms with Crippen molar-refractivity contribution in [3.05, 3.63) is 72.1 Å². The van der Waals surface area contributed by atoms with E-state index < -0.39 is 0 Å². The lowest BCUT2D eigenvalue weighted by atomic mass is 9.98. The number of aromatic nitrogens is 4. The lowest BCUT2D eigenvalue weighted by molar-refractivity contribution is -0.139. The first-order valence-electron chi connectivity index (χ1n) is 11.6. The van der Waals surface area contributed by atoms with E-state index in [1.54, 1.807) is 18.2 Å². The highest BCUT2D eigenvalue weighted by Gasteiger charge is 2.24. The first-order valence-corrected chi connectivity index (χ1v) is 11.6. The van der Waals surface area contributed by atoms with Gasteiger partial charge >= 0.3 is 5.97 Å². The molecule has 2 aromatic heterocycles. The van der Waals surface area contributed by atoms with Gasteiger partial charge in [0.2, 0.25) is 0 Å². The van der Waals surface area contributed by atoms with Crippen molar-refractivity contribution in [2.45, 2.75) is 26.3 Å². The maximum Gasteiger partial charge on any atom is 0.314 e. The summed E-state index contributed by atoms with van der Waals surface area (Å²) >= 11 is 0. The van der Waals surface area contributed by atoms with Gasteiger partial charge in [-0.3, -0.25) is 4.79 Å². The zero-order valence-electron chi connectivity index (χ0n) is 19.3. The van der Waals surface area contributed by atoms with E-state index in [-0.39, 0.29) is 17.7 Å². The van der Waals surface area contributed by atoms with E-state index in [1.165, 1.54) is 18.5 Å². The summed E-state index contributed by atoms with van der Waals surface area (Å²) in [6.07, 6.45) is 2.90. The second-order valence-electron chi connectivity index (χ2n) is 8.56. The quantitative estimate of drug-likeness (QED) is 0.320. The third-order valence-corrected chi connectivity index (χ3v) is 6.05. The van der Waals surface area contributed by atoms with Gasteiger partial charge in [-0.05, 0) is 80.4 Å². The number of carbonyl (C=O) groups is 1. The second-order valence-corrected chi connectivity index (χ2v) is 8.56. The summed E-state index contributed by atoms with van der Waals surface area (Å²) < 4.78 is 19.5. The SMILES string of the molecule is Cc1ccc(CNc2ncnc3c(OC(=O)C4CCNCC4)cc(-c4ccc(F)cc4)cc23)nn1. The van der Waals surface area contributed by atoms with Crippen LogP contribution in [0.4, 0.5) is 10.2 Å². The first-order chi connectivity index (χ1) is 17.1. The molecule has 0 saturated carbocycles. The zero-order chi connectivity index (χ0) is 24.2. The number of aryl methyl sites for hydroxylation is 1. The summed E-state index contributed by atoms with van der Waals surface area (Å²) in [4.78, 5) is 21.8. The molecule has 2 N–H and O–H groups in total. The van der Waals surface area contributed by atoms with Crippen molar-refractivity contribution < 1.29 is 13.9 Å². The lowest BCUT2D eigenvalue weighted by Gasteiger charge is -2.21. The molecule has 0 unspecified atom stereocenters. The molecule has 178 valence electrons. The van der Waals surface area contributed by atoms with E-state index in [0.29, 0.717) is 29.0 Å². The van der Waals surface area contributed by atoms with Gasteiger partial charge in [0.25, 0.3) is 0 Å². The Morgan fingerprint density at radius 2 is 1.86 bits per heavy atom. The molecule has 1 fully saturated rings. The summed E-state index contributed by atoms with van der Waals surface area (Å²) in [5, 5.41) is 15.5. The summed E-state index contributed by atoms with van der Waals surface area (Å²) in [5.74, 6) is 0.163. The number of rotatable bonds is 6. The average molecular weight is 473 g/mol. The maximum atomic E-state index is 13.5. The number of ether oxygens (including phenoxy) is 1. The zero-order valence-corrected chi connectivity index (χ0v) is 19.3. The van der Waals surface area contributed by atoms with E-state index in [9.17, 15) is 9.18 Å². The van der Waals surface area contributed by atoms with E-state index in [1.807, 2.05) is 25.1 Å². The highest BCUT2D eigenvalue weighted by Crippen LogP contribution is 2.35. The molecular weight excluding hydrogens is 447 g/mol. The van der Waals surface area contributed by atoms with E-state index in [2.05, 4.69) is 30.8 Å². The number of benzene rings is 2. The molecule has 1 aliphatic rings. The second kappa shape index (κ2) is 10.1. The Morgan fingerprint density at radius 3 is 2.60 bits per heavy atom. The van der Waals surface area contributed by atoms with Crippen LogP contribution in [0.15, 0.2) is 54.9 Å². The molecule has 2 aromatic carbocycles. The van der Waals surface area contributed by atoms with Crippen LogP contribution in [0.1, 0.15) is 24.2 Å². The molecule has 9 heteroatoms. The fourth-order valence-corrected chi connectivity index (χ4v) is 4.11. The van der Waals surface area contributed by atoms with Crippen LogP contribution in [0, 0.1) is 18.7 Å². The highest BCUT2D eigenvalue weighted by atomic mass is 19.1. The van der Waals surface area contributed by atoms with E-state index in [0.717, 1.165) is 48.4 Å². The Bertz CT molecular complexity index is 1340. The maximum absolute atomic E-state index is 13.5. The Hall–Kier alpha value is -3.98. The van der Waals surface area contributed by atoms with Crippen LogP contribution in [0.3, 0.4) is 0 Å². The van der Waals surface area contributed by atoms with Gasteiger partial charge in [0.05, 0.1) is 23.9 Å². The van der Waals surface area contributed by atoms with Gasteiger partial charge in [0, 0.05) is 5.39 Å². The molecule has 3 heterocycles. The first kappa shape index (κ1) is 22.8. The average Bonchev–Trinajstić information content (AvgIpc) is 2.89. The van der Waals surface area contributed by atoms with Crippen LogP contribution >= 0.6 is 0 Å². The van der Waals surface area contributed by atoms with Gasteiger partial charge in [0.1, 0.15) is 23.5 Å². The van der Waals surface area contributed by atoms with Crippen LogP contribution in [0.25, 0.3) is 22.0 Å². The van der Waals surface area contributed by atoms with Gasteiger partial charge in [-0.1, -0.05) is 12.1 Å². The highest BCUT2D eigenvalue weighted by molar-refractivity contribution is 5.97. The van der Waals surface area contributed by atoms with Crippen molar-refractivity contribution in [1.82, 2.24) is 25.5 Å². The van der Waals surface area contributed by atoms with E-state index in [4.69, 9.17) is 4.74 Å². The summed E-state index contributed by atoms with van der Waals surface area (Å²) in [6, 6.07) is 13.7. The predicted molar refractivity (Wildman–Crippen MR) is 130 cm³/mol. The number of halogens is 1. The molecule has 0 bridgehead atoms. The molecule has 0 atom stereocenters. The topological polar surface area (TPSA) is 102 Å². The van der Waals surface area contributed by atoms with Crippen molar-refractivity contribution in [1.29, 1.82) is 0 Å². The van der Waals surface area contributed by atoms with Crippen LogP contribution < -0.4 is 15.4 Å². The number of fused-ring (bicyclic) bond motifs is 1. The summed E-state index contributed by atoms with van der Waals surface area (Å²) in [6.45, 7) is 3.86.